The number of phenolic OH excluding ortho intramolecular Hbond substituents is 1. The second kappa shape index (κ2) is 16.2. The van der Waals surface area contributed by atoms with Crippen molar-refractivity contribution < 1.29 is 9.84 Å². The number of allylic oxidation sites excluding steroid dienone is 2. The zero-order valence-corrected chi connectivity index (χ0v) is 20.8. The first-order valence-corrected chi connectivity index (χ1v) is 13.0. The Kier molecular flexibility index (Phi) is 13.1. The average molecular weight is 449 g/mol. The van der Waals surface area contributed by atoms with E-state index >= 15 is 0 Å². The van der Waals surface area contributed by atoms with Gasteiger partial charge in [-0.15, -0.1) is 13.2 Å². The molecule has 0 unspecified atom stereocenters. The van der Waals surface area contributed by atoms with E-state index in [1.54, 1.807) is 6.07 Å². The summed E-state index contributed by atoms with van der Waals surface area (Å²) in [4.78, 5) is 0. The summed E-state index contributed by atoms with van der Waals surface area (Å²) in [7, 11) is 0. The topological polar surface area (TPSA) is 29.5 Å². The van der Waals surface area contributed by atoms with E-state index in [1.807, 2.05) is 24.3 Å². The Morgan fingerprint density at radius 2 is 1.39 bits per heavy atom. The van der Waals surface area contributed by atoms with Gasteiger partial charge in [0.15, 0.2) is 0 Å². The molecular formula is C31H44O2. The fraction of sp³-hybridized carbons (Fsp3) is 0.484. The first-order chi connectivity index (χ1) is 16.2. The summed E-state index contributed by atoms with van der Waals surface area (Å²) in [5.74, 6) is 1.22. The van der Waals surface area contributed by atoms with Crippen molar-refractivity contribution in [2.24, 2.45) is 0 Å². The fourth-order valence-electron chi connectivity index (χ4n) is 4.24. The normalized spacial score (nSPS) is 10.8. The van der Waals surface area contributed by atoms with Crippen LogP contribution in [-0.2, 0) is 12.8 Å². The molecule has 0 heterocycles. The maximum absolute atomic E-state index is 10.2. The summed E-state index contributed by atoms with van der Waals surface area (Å²) >= 11 is 0. The lowest BCUT2D eigenvalue weighted by atomic mass is 9.97. The molecule has 0 fully saturated rings. The Hall–Kier alpha value is -2.48. The molecule has 0 atom stereocenters. The van der Waals surface area contributed by atoms with Crippen LogP contribution in [0.15, 0.2) is 61.7 Å². The van der Waals surface area contributed by atoms with E-state index < -0.39 is 0 Å². The van der Waals surface area contributed by atoms with Gasteiger partial charge in [0.05, 0.1) is 6.61 Å². The molecule has 0 spiro atoms. The van der Waals surface area contributed by atoms with Crippen molar-refractivity contribution in [3.05, 3.63) is 72.8 Å². The Balaban J connectivity index is 1.85. The van der Waals surface area contributed by atoms with Gasteiger partial charge >= 0.3 is 0 Å². The molecule has 0 bridgehead atoms. The van der Waals surface area contributed by atoms with E-state index in [9.17, 15) is 5.11 Å². The lowest BCUT2D eigenvalue weighted by Gasteiger charge is -2.15. The number of rotatable bonds is 18. The molecule has 180 valence electrons. The van der Waals surface area contributed by atoms with Crippen molar-refractivity contribution in [3.8, 4) is 22.6 Å². The summed E-state index contributed by atoms with van der Waals surface area (Å²) in [5, 5.41) is 10.2. The monoisotopic (exact) mass is 448 g/mol. The third-order valence-corrected chi connectivity index (χ3v) is 6.18. The highest BCUT2D eigenvalue weighted by atomic mass is 16.5. The highest BCUT2D eigenvalue weighted by Crippen LogP contribution is 2.34. The number of benzene rings is 2. The minimum atomic E-state index is 0.310. The van der Waals surface area contributed by atoms with Crippen LogP contribution in [-0.4, -0.2) is 11.7 Å². The molecule has 0 amide bonds. The maximum atomic E-state index is 10.2. The van der Waals surface area contributed by atoms with Crippen LogP contribution >= 0.6 is 0 Å². The molecule has 0 radical (unpaired) electrons. The number of ether oxygens (including phenoxy) is 1. The summed E-state index contributed by atoms with van der Waals surface area (Å²) in [6, 6.07) is 12.1. The lowest BCUT2D eigenvalue weighted by molar-refractivity contribution is 0.305. The summed E-state index contributed by atoms with van der Waals surface area (Å²) < 4.78 is 6.23. The van der Waals surface area contributed by atoms with Crippen LogP contribution in [0.2, 0.25) is 0 Å². The number of aromatic hydroxyl groups is 1. The quantitative estimate of drug-likeness (QED) is 0.182. The van der Waals surface area contributed by atoms with Gasteiger partial charge in [-0.25, -0.2) is 0 Å². The van der Waals surface area contributed by atoms with Gasteiger partial charge in [-0.2, -0.15) is 0 Å². The number of unbranched alkanes of at least 4 members (excludes halogenated alkanes) is 10. The minimum Gasteiger partial charge on any atom is -0.508 e. The Morgan fingerprint density at radius 3 is 2.03 bits per heavy atom. The van der Waals surface area contributed by atoms with Gasteiger partial charge in [0.1, 0.15) is 11.5 Å². The number of hydrogen-bond acceptors (Lipinski definition) is 2. The van der Waals surface area contributed by atoms with Crippen LogP contribution in [0.3, 0.4) is 0 Å². The Bertz CT molecular complexity index is 837. The molecule has 2 nitrogen and oxygen atoms in total. The summed E-state index contributed by atoms with van der Waals surface area (Å²) in [6.07, 6.45) is 19.8. The highest BCUT2D eigenvalue weighted by Gasteiger charge is 2.10. The minimum absolute atomic E-state index is 0.310. The Labute approximate surface area is 202 Å². The average Bonchev–Trinajstić information content (AvgIpc) is 2.82. The van der Waals surface area contributed by atoms with E-state index in [-0.39, 0.29) is 0 Å². The molecule has 2 heteroatoms. The Morgan fingerprint density at radius 1 is 0.758 bits per heavy atom. The van der Waals surface area contributed by atoms with Gasteiger partial charge in [-0.3, -0.25) is 0 Å². The molecule has 33 heavy (non-hydrogen) atoms. The molecule has 0 aliphatic rings. The van der Waals surface area contributed by atoms with Crippen molar-refractivity contribution in [2.45, 2.75) is 90.4 Å². The van der Waals surface area contributed by atoms with Crippen molar-refractivity contribution >= 4 is 0 Å². The van der Waals surface area contributed by atoms with Gasteiger partial charge in [0, 0.05) is 5.56 Å². The molecule has 0 aromatic heterocycles. The maximum Gasteiger partial charge on any atom is 0.127 e. The van der Waals surface area contributed by atoms with Gasteiger partial charge < -0.3 is 9.84 Å². The van der Waals surface area contributed by atoms with E-state index in [4.69, 9.17) is 4.74 Å². The molecule has 0 saturated carbocycles. The summed E-state index contributed by atoms with van der Waals surface area (Å²) in [5.41, 5.74) is 4.22. The zero-order chi connectivity index (χ0) is 23.7. The van der Waals surface area contributed by atoms with Crippen molar-refractivity contribution in [1.82, 2.24) is 0 Å². The van der Waals surface area contributed by atoms with Gasteiger partial charge in [0.2, 0.25) is 0 Å². The number of phenols is 1. The fourth-order valence-corrected chi connectivity index (χ4v) is 4.24. The first kappa shape index (κ1) is 26.8. The van der Waals surface area contributed by atoms with E-state index in [0.29, 0.717) is 12.2 Å². The van der Waals surface area contributed by atoms with Gasteiger partial charge in [-0.05, 0) is 60.2 Å². The van der Waals surface area contributed by atoms with E-state index in [0.717, 1.165) is 41.9 Å². The van der Waals surface area contributed by atoms with Gasteiger partial charge in [-0.1, -0.05) is 95.4 Å². The van der Waals surface area contributed by atoms with Crippen molar-refractivity contribution in [2.75, 3.05) is 6.61 Å². The first-order valence-electron chi connectivity index (χ1n) is 13.0. The van der Waals surface area contributed by atoms with Gasteiger partial charge in [0.25, 0.3) is 0 Å². The predicted octanol–water partition coefficient (Wildman–Crippen LogP) is 9.21. The third-order valence-electron chi connectivity index (χ3n) is 6.18. The molecule has 2 aromatic carbocycles. The zero-order valence-electron chi connectivity index (χ0n) is 20.8. The van der Waals surface area contributed by atoms with Crippen LogP contribution in [0, 0.1) is 0 Å². The van der Waals surface area contributed by atoms with Crippen LogP contribution < -0.4 is 4.74 Å². The third kappa shape index (κ3) is 9.90. The van der Waals surface area contributed by atoms with Crippen LogP contribution in [0.1, 0.15) is 88.7 Å². The molecule has 2 aromatic rings. The second-order valence-corrected chi connectivity index (χ2v) is 9.04. The molecule has 2 rings (SSSR count). The predicted molar refractivity (Wildman–Crippen MR) is 143 cm³/mol. The largest absolute Gasteiger partial charge is 0.508 e. The highest BCUT2D eigenvalue weighted by molar-refractivity contribution is 5.72. The molecular weight excluding hydrogens is 404 g/mol. The lowest BCUT2D eigenvalue weighted by Crippen LogP contribution is -2.00. The van der Waals surface area contributed by atoms with E-state index in [1.165, 1.54) is 69.8 Å². The van der Waals surface area contributed by atoms with E-state index in [2.05, 4.69) is 38.3 Å². The molecule has 0 saturated heterocycles. The number of hydrogen-bond donors (Lipinski definition) is 1. The van der Waals surface area contributed by atoms with Crippen LogP contribution in [0.25, 0.3) is 11.1 Å². The molecule has 0 aliphatic carbocycles. The van der Waals surface area contributed by atoms with Crippen molar-refractivity contribution in [1.29, 1.82) is 0 Å². The van der Waals surface area contributed by atoms with Crippen LogP contribution in [0.4, 0.5) is 0 Å². The standard InChI is InChI=1S/C31H44O2/c1-4-7-8-9-10-11-12-13-14-15-16-23-33-31-22-19-26(17-5-2)24-29(31)27-20-21-30(32)28(25-27)18-6-3/h5-6,19-22,24-25,32H,2-4,7-18,23H2,1H3. The van der Waals surface area contributed by atoms with Crippen molar-refractivity contribution in [3.63, 3.8) is 0 Å². The second-order valence-electron chi connectivity index (χ2n) is 9.04. The molecule has 0 aliphatic heterocycles. The SMILES string of the molecule is C=CCc1ccc(OCCCCCCCCCCCCC)c(-c2ccc(O)c(CC=C)c2)c1. The molecule has 1 N–H and O–H groups in total. The van der Waals surface area contributed by atoms with Crippen LogP contribution in [0.5, 0.6) is 11.5 Å². The smallest absolute Gasteiger partial charge is 0.127 e. The summed E-state index contributed by atoms with van der Waals surface area (Å²) in [6.45, 7) is 10.7.